The number of allylic oxidation sites excluding steroid dienone is 2. The Morgan fingerprint density at radius 3 is 1.36 bits per heavy atom. The van der Waals surface area contributed by atoms with Crippen LogP contribution < -0.4 is 9.47 Å². The fourth-order valence-electron chi connectivity index (χ4n) is 3.24. The van der Waals surface area contributed by atoms with Crippen molar-refractivity contribution in [1.82, 2.24) is 0 Å². The van der Waals surface area contributed by atoms with Gasteiger partial charge in [-0.2, -0.15) is 0 Å². The summed E-state index contributed by atoms with van der Waals surface area (Å²) in [5.41, 5.74) is 2.01. The summed E-state index contributed by atoms with van der Waals surface area (Å²) in [4.78, 5) is 22.7. The molecule has 33 heavy (non-hydrogen) atoms. The highest BCUT2D eigenvalue weighted by Crippen LogP contribution is 2.33. The summed E-state index contributed by atoms with van der Waals surface area (Å²) < 4.78 is 11.4. The molecule has 2 rings (SSSR count). The number of ketones is 2. The zero-order chi connectivity index (χ0) is 24.4. The van der Waals surface area contributed by atoms with Gasteiger partial charge in [0.1, 0.15) is 11.5 Å². The first-order valence-corrected chi connectivity index (χ1v) is 10.9. The maximum absolute atomic E-state index is 11.3. The summed E-state index contributed by atoms with van der Waals surface area (Å²) >= 11 is 0. The summed E-state index contributed by atoms with van der Waals surface area (Å²) in [5, 5.41) is 18.0. The third-order valence-electron chi connectivity index (χ3n) is 5.43. The molecular weight excluding hydrogens is 420 g/mol. The predicted molar refractivity (Wildman–Crippen MR) is 128 cm³/mol. The maximum Gasteiger partial charge on any atom is 0.196 e. The summed E-state index contributed by atoms with van der Waals surface area (Å²) in [6, 6.07) is 15.7. The Labute approximate surface area is 195 Å². The van der Waals surface area contributed by atoms with Gasteiger partial charge >= 0.3 is 0 Å². The number of rotatable bonds is 14. The van der Waals surface area contributed by atoms with E-state index < -0.39 is 11.5 Å². The van der Waals surface area contributed by atoms with E-state index >= 15 is 0 Å². The van der Waals surface area contributed by atoms with Crippen molar-refractivity contribution >= 4 is 11.6 Å². The Morgan fingerprint density at radius 1 is 0.727 bits per heavy atom. The molecule has 0 saturated heterocycles. The Hall–Kier alpha value is -3.54. The van der Waals surface area contributed by atoms with Crippen LogP contribution in [0, 0.1) is 0 Å². The van der Waals surface area contributed by atoms with Crippen molar-refractivity contribution in [2.24, 2.45) is 0 Å². The molecule has 0 aliphatic heterocycles. The molecule has 6 heteroatoms. The Bertz CT molecular complexity index is 891. The molecule has 2 N–H and O–H groups in total. The van der Waals surface area contributed by atoms with Gasteiger partial charge in [-0.3, -0.25) is 9.59 Å². The van der Waals surface area contributed by atoms with E-state index in [1.54, 1.807) is 0 Å². The second-order valence-electron chi connectivity index (χ2n) is 8.32. The van der Waals surface area contributed by atoms with Crippen LogP contribution in [0.5, 0.6) is 11.5 Å². The van der Waals surface area contributed by atoms with Gasteiger partial charge in [0.2, 0.25) is 0 Å². The zero-order valence-corrected chi connectivity index (χ0v) is 19.3. The van der Waals surface area contributed by atoms with Crippen LogP contribution in [-0.4, -0.2) is 35.0 Å². The topological polar surface area (TPSA) is 93.1 Å². The Kier molecular flexibility index (Phi) is 9.28. The number of carbonyl (C=O) groups is 2. The van der Waals surface area contributed by atoms with Gasteiger partial charge in [0.15, 0.2) is 23.1 Å². The molecule has 6 nitrogen and oxygen atoms in total. The molecule has 0 aliphatic rings. The molecule has 0 spiro atoms. The monoisotopic (exact) mass is 452 g/mol. The lowest BCUT2D eigenvalue weighted by atomic mass is 9.78. The van der Waals surface area contributed by atoms with Crippen LogP contribution in [0.4, 0.5) is 0 Å². The normalized spacial score (nSPS) is 11.0. The number of hydrogen-bond donors (Lipinski definition) is 2. The molecule has 0 aromatic heterocycles. The third-order valence-corrected chi connectivity index (χ3v) is 5.43. The largest absolute Gasteiger partial charge is 0.505 e. The number of carbonyl (C=O) groups excluding carboxylic acids is 2. The van der Waals surface area contributed by atoms with Gasteiger partial charge in [-0.15, -0.1) is 0 Å². The number of Topliss-reactive ketones (excluding diaryl/α,β-unsaturated/α-hetero) is 2. The Morgan fingerprint density at radius 2 is 1.06 bits per heavy atom. The number of ether oxygens (including phenoxy) is 2. The van der Waals surface area contributed by atoms with Crippen LogP contribution in [0.25, 0.3) is 0 Å². The molecule has 0 bridgehead atoms. The lowest BCUT2D eigenvalue weighted by Crippen LogP contribution is -2.18. The zero-order valence-electron chi connectivity index (χ0n) is 19.3. The first-order valence-electron chi connectivity index (χ1n) is 10.9. The van der Waals surface area contributed by atoms with Crippen molar-refractivity contribution < 1.29 is 29.3 Å². The Balaban J connectivity index is 1.88. The predicted octanol–water partition coefficient (Wildman–Crippen LogP) is 5.61. The number of hydrogen-bond acceptors (Lipinski definition) is 6. The van der Waals surface area contributed by atoms with Crippen LogP contribution in [0.15, 0.2) is 73.2 Å². The highest BCUT2D eigenvalue weighted by atomic mass is 16.5. The lowest BCUT2D eigenvalue weighted by molar-refractivity contribution is -0.118. The average Bonchev–Trinajstić information content (AvgIpc) is 2.79. The van der Waals surface area contributed by atoms with E-state index in [0.717, 1.165) is 22.6 Å². The molecular formula is C27H32O6. The molecule has 0 saturated carbocycles. The van der Waals surface area contributed by atoms with E-state index in [1.165, 1.54) is 0 Å². The van der Waals surface area contributed by atoms with E-state index in [2.05, 4.69) is 27.0 Å². The molecule has 176 valence electrons. The smallest absolute Gasteiger partial charge is 0.196 e. The van der Waals surface area contributed by atoms with Gasteiger partial charge < -0.3 is 19.7 Å². The van der Waals surface area contributed by atoms with Crippen molar-refractivity contribution in [1.29, 1.82) is 0 Å². The van der Waals surface area contributed by atoms with E-state index in [1.807, 2.05) is 48.5 Å². The minimum atomic E-state index is -0.415. The van der Waals surface area contributed by atoms with E-state index in [-0.39, 0.29) is 29.8 Å². The molecule has 2 aromatic rings. The molecule has 0 aliphatic carbocycles. The third kappa shape index (κ3) is 7.83. The van der Waals surface area contributed by atoms with E-state index in [0.29, 0.717) is 26.1 Å². The minimum Gasteiger partial charge on any atom is -0.505 e. The summed E-state index contributed by atoms with van der Waals surface area (Å²) in [5.74, 6) is -0.122. The second-order valence-corrected chi connectivity index (χ2v) is 8.32. The maximum atomic E-state index is 11.3. The summed E-state index contributed by atoms with van der Waals surface area (Å²) in [7, 11) is 0. The minimum absolute atomic E-state index is 0.205. The molecule has 0 atom stereocenters. The summed E-state index contributed by atoms with van der Waals surface area (Å²) in [6.45, 7) is 11.5. The highest BCUT2D eigenvalue weighted by molar-refractivity contribution is 5.92. The van der Waals surface area contributed by atoms with Crippen molar-refractivity contribution in [3.8, 4) is 11.5 Å². The van der Waals surface area contributed by atoms with Crippen molar-refractivity contribution in [3.63, 3.8) is 0 Å². The molecule has 0 unspecified atom stereocenters. The number of aliphatic hydroxyl groups excluding tert-OH is 2. The highest BCUT2D eigenvalue weighted by Gasteiger charge is 2.23. The fraction of sp³-hybridized carbons (Fsp3) is 0.333. The van der Waals surface area contributed by atoms with Gasteiger partial charge in [-0.05, 0) is 48.2 Å². The molecule has 0 fully saturated rings. The SMILES string of the molecule is C=C(O)C(=O)CCCOc1ccc(C(C)(C)c2ccc(OCCCC(=O)C(=C)O)cc2)cc1. The number of benzene rings is 2. The van der Waals surface area contributed by atoms with Gasteiger partial charge in [-0.1, -0.05) is 51.3 Å². The van der Waals surface area contributed by atoms with E-state index in [4.69, 9.17) is 19.7 Å². The van der Waals surface area contributed by atoms with Crippen LogP contribution >= 0.6 is 0 Å². The quantitative estimate of drug-likeness (QED) is 0.220. The fourth-order valence-corrected chi connectivity index (χ4v) is 3.24. The van der Waals surface area contributed by atoms with Crippen molar-refractivity contribution in [3.05, 3.63) is 84.3 Å². The van der Waals surface area contributed by atoms with Gasteiger partial charge in [-0.25, -0.2) is 0 Å². The molecule has 2 aromatic carbocycles. The number of aliphatic hydroxyl groups is 2. The van der Waals surface area contributed by atoms with Gasteiger partial charge in [0.05, 0.1) is 13.2 Å². The van der Waals surface area contributed by atoms with Crippen molar-refractivity contribution in [2.45, 2.75) is 44.9 Å². The first-order chi connectivity index (χ1) is 15.6. The molecule has 0 heterocycles. The van der Waals surface area contributed by atoms with Crippen LogP contribution in [0.3, 0.4) is 0 Å². The van der Waals surface area contributed by atoms with Crippen LogP contribution in [-0.2, 0) is 15.0 Å². The van der Waals surface area contributed by atoms with Crippen LogP contribution in [0.1, 0.15) is 50.7 Å². The molecule has 0 radical (unpaired) electrons. The molecule has 0 amide bonds. The van der Waals surface area contributed by atoms with Crippen molar-refractivity contribution in [2.75, 3.05) is 13.2 Å². The summed E-state index contributed by atoms with van der Waals surface area (Å²) in [6.07, 6.45) is 1.42. The van der Waals surface area contributed by atoms with Crippen LogP contribution in [0.2, 0.25) is 0 Å². The van der Waals surface area contributed by atoms with Gasteiger partial charge in [0.25, 0.3) is 0 Å². The first kappa shape index (κ1) is 25.7. The lowest BCUT2D eigenvalue weighted by Gasteiger charge is -2.26. The average molecular weight is 453 g/mol. The standard InChI is InChI=1S/C27H32O6/c1-19(28)25(30)7-5-17-32-23-13-9-21(10-14-23)27(3,4)22-11-15-24(16-12-22)33-18-6-8-26(31)20(2)29/h9-16,28-29H,1-2,5-8,17-18H2,3-4H3. The van der Waals surface area contributed by atoms with Gasteiger partial charge in [0, 0.05) is 18.3 Å². The second kappa shape index (κ2) is 11.9. The van der Waals surface area contributed by atoms with E-state index in [9.17, 15) is 9.59 Å².